The second-order valence-electron chi connectivity index (χ2n) is 15.4. The molecule has 0 aromatic carbocycles. The van der Waals surface area contributed by atoms with E-state index in [1.807, 2.05) is 30.0 Å². The van der Waals surface area contributed by atoms with Crippen LogP contribution >= 0.6 is 22.7 Å². The average molecular weight is 888 g/mol. The molecule has 63 heavy (non-hydrogen) atoms. The van der Waals surface area contributed by atoms with Gasteiger partial charge in [-0.2, -0.15) is 4.98 Å². The maximum atomic E-state index is 6.07. The highest BCUT2D eigenvalue weighted by Gasteiger charge is 2.24. The molecular formula is C43H49N15O3S2. The molecule has 0 amide bonds. The van der Waals surface area contributed by atoms with Crippen molar-refractivity contribution in [2.75, 3.05) is 34.8 Å². The molecule has 0 unspecified atom stereocenters. The van der Waals surface area contributed by atoms with Gasteiger partial charge in [0.25, 0.3) is 0 Å². The Kier molecular flexibility index (Phi) is 13.2. The van der Waals surface area contributed by atoms with Crippen LogP contribution in [0.1, 0.15) is 93.2 Å². The first-order valence-corrected chi connectivity index (χ1v) is 21.9. The van der Waals surface area contributed by atoms with Gasteiger partial charge in [-0.3, -0.25) is 0 Å². The lowest BCUT2D eigenvalue weighted by Gasteiger charge is -2.17. The van der Waals surface area contributed by atoms with E-state index in [1.54, 1.807) is 43.1 Å². The molecule has 1 aliphatic heterocycles. The number of rotatable bonds is 9. The number of thiazole rings is 1. The van der Waals surface area contributed by atoms with Gasteiger partial charge < -0.3 is 42.5 Å². The molecule has 9 N–H and O–H groups in total. The normalized spacial score (nSPS) is 11.9. The number of aryl methyl sites for hydroxylation is 2. The van der Waals surface area contributed by atoms with Gasteiger partial charge in [-0.1, -0.05) is 41.5 Å². The van der Waals surface area contributed by atoms with Gasteiger partial charge in [-0.15, -0.1) is 22.7 Å². The van der Waals surface area contributed by atoms with E-state index in [1.165, 1.54) is 17.5 Å². The second-order valence-corrected chi connectivity index (χ2v) is 17.1. The Bertz CT molecular complexity index is 2770. The lowest BCUT2D eigenvalue weighted by atomic mass is 10.0. The Labute approximate surface area is 372 Å². The summed E-state index contributed by atoms with van der Waals surface area (Å²) in [5.74, 6) is 7.55. The molecule has 20 heteroatoms. The minimum atomic E-state index is 0.124. The summed E-state index contributed by atoms with van der Waals surface area (Å²) in [7, 11) is 0. The van der Waals surface area contributed by atoms with Gasteiger partial charge in [0.1, 0.15) is 44.1 Å². The van der Waals surface area contributed by atoms with Gasteiger partial charge in [0, 0.05) is 47.4 Å². The third kappa shape index (κ3) is 9.86. The summed E-state index contributed by atoms with van der Waals surface area (Å²) in [6.45, 7) is 17.0. The van der Waals surface area contributed by atoms with Crippen LogP contribution in [-0.4, -0.2) is 56.4 Å². The highest BCUT2D eigenvalue weighted by molar-refractivity contribution is 7.16. The number of thiophene rings is 1. The molecular weight excluding hydrogens is 839 g/mol. The predicted octanol–water partition coefficient (Wildman–Crippen LogP) is 9.10. The Balaban J connectivity index is 0.000000142. The zero-order chi connectivity index (χ0) is 44.9. The Morgan fingerprint density at radius 1 is 0.571 bits per heavy atom. The molecule has 8 aromatic rings. The number of ether oxygens (including phenoxy) is 3. The minimum absolute atomic E-state index is 0.124. The number of hydrogen-bond acceptors (Lipinski definition) is 20. The number of pyridine rings is 3. The van der Waals surface area contributed by atoms with Crippen LogP contribution in [0.2, 0.25) is 0 Å². The first-order valence-electron chi connectivity index (χ1n) is 20.1. The van der Waals surface area contributed by atoms with Crippen molar-refractivity contribution in [3.05, 3.63) is 88.0 Å². The van der Waals surface area contributed by atoms with Crippen molar-refractivity contribution in [2.45, 2.75) is 79.6 Å². The number of fused-ring (bicyclic) bond motifs is 3. The quantitative estimate of drug-likeness (QED) is 0.0903. The Morgan fingerprint density at radius 3 is 1.70 bits per heavy atom. The largest absolute Gasteiger partial charge is 0.451 e. The lowest BCUT2D eigenvalue weighted by Crippen LogP contribution is -2.03. The van der Waals surface area contributed by atoms with E-state index in [9.17, 15) is 0 Å². The number of nitrogen functional groups attached to an aromatic ring is 4. The van der Waals surface area contributed by atoms with Crippen molar-refractivity contribution in [3.8, 4) is 34.5 Å². The molecule has 0 atom stereocenters. The number of hydrogen-bond donors (Lipinski definition) is 5. The number of anilines is 5. The summed E-state index contributed by atoms with van der Waals surface area (Å²) in [5.41, 5.74) is 29.8. The van der Waals surface area contributed by atoms with Gasteiger partial charge in [-0.05, 0) is 49.5 Å². The predicted molar refractivity (Wildman–Crippen MR) is 249 cm³/mol. The number of nitrogens with one attached hydrogen (secondary N) is 1. The fourth-order valence-electron chi connectivity index (χ4n) is 6.46. The highest BCUT2D eigenvalue weighted by Crippen LogP contribution is 2.41. The number of nitrogens with two attached hydrogens (primary N) is 4. The van der Waals surface area contributed by atoms with E-state index in [0.717, 1.165) is 73.1 Å². The van der Waals surface area contributed by atoms with Crippen molar-refractivity contribution in [1.29, 1.82) is 0 Å². The van der Waals surface area contributed by atoms with Gasteiger partial charge in [-0.25, -0.2) is 44.9 Å². The van der Waals surface area contributed by atoms with Crippen molar-refractivity contribution in [2.24, 2.45) is 0 Å². The molecule has 8 aromatic heterocycles. The molecule has 9 rings (SSSR count). The molecule has 0 bridgehead atoms. The first kappa shape index (κ1) is 44.0. The topological polar surface area (TPSA) is 273 Å². The molecule has 18 nitrogen and oxygen atoms in total. The van der Waals surface area contributed by atoms with E-state index in [2.05, 4.69) is 96.7 Å². The zero-order valence-electron chi connectivity index (χ0n) is 36.2. The van der Waals surface area contributed by atoms with Crippen LogP contribution in [0.4, 0.5) is 29.2 Å². The fourth-order valence-corrected chi connectivity index (χ4v) is 7.83. The third-order valence-electron chi connectivity index (χ3n) is 9.75. The van der Waals surface area contributed by atoms with Gasteiger partial charge in [0.15, 0.2) is 40.5 Å². The summed E-state index contributed by atoms with van der Waals surface area (Å²) in [4.78, 5) is 43.8. The van der Waals surface area contributed by atoms with Gasteiger partial charge in [0.2, 0.25) is 5.95 Å². The molecule has 0 aliphatic carbocycles. The fraction of sp³-hybridized carbons (Fsp3) is 0.302. The smallest absolute Gasteiger partial charge is 0.222 e. The molecule has 0 spiro atoms. The van der Waals surface area contributed by atoms with Crippen molar-refractivity contribution < 1.29 is 14.2 Å². The molecule has 1 aliphatic rings. The first-order chi connectivity index (χ1) is 30.2. The van der Waals surface area contributed by atoms with E-state index < -0.39 is 0 Å². The van der Waals surface area contributed by atoms with Gasteiger partial charge in [0.05, 0.1) is 29.5 Å². The van der Waals surface area contributed by atoms with Crippen LogP contribution in [0.5, 0.6) is 34.5 Å². The number of nitrogens with zero attached hydrogens (tertiary/aromatic N) is 10. The van der Waals surface area contributed by atoms with E-state index in [4.69, 9.17) is 37.1 Å². The Hall–Kier alpha value is -7.06. The molecule has 0 saturated heterocycles. The zero-order valence-corrected chi connectivity index (χ0v) is 37.8. The average Bonchev–Trinajstić information content (AvgIpc) is 4.03. The van der Waals surface area contributed by atoms with Gasteiger partial charge >= 0.3 is 0 Å². The summed E-state index contributed by atoms with van der Waals surface area (Å²) < 4.78 is 18.0. The van der Waals surface area contributed by atoms with Crippen molar-refractivity contribution in [1.82, 2.24) is 49.8 Å². The van der Waals surface area contributed by atoms with Crippen LogP contribution in [0, 0.1) is 13.8 Å². The maximum Gasteiger partial charge on any atom is 0.222 e. The summed E-state index contributed by atoms with van der Waals surface area (Å²) in [6, 6.07) is 1.99. The summed E-state index contributed by atoms with van der Waals surface area (Å²) >= 11 is 3.04. The van der Waals surface area contributed by atoms with Crippen molar-refractivity contribution in [3.63, 3.8) is 0 Å². The molecule has 0 radical (unpaired) electrons. The van der Waals surface area contributed by atoms with Crippen LogP contribution in [0.3, 0.4) is 0 Å². The van der Waals surface area contributed by atoms with E-state index in [0.29, 0.717) is 52.2 Å². The molecule has 9 heterocycles. The second kappa shape index (κ2) is 18.9. The van der Waals surface area contributed by atoms with Crippen LogP contribution in [0.15, 0.2) is 54.1 Å². The SMILES string of the molecule is CC(C)c1cnc2sccc2c1Oc1cnc(N)nc1N.Cc1ncc(Oc2c(C(C)C)cnc3c2CCN3)c(N)n1.Cc1ncc(Oc2c(C(C)C)cnc3scnc23)c(N)n1. The minimum Gasteiger partial charge on any atom is -0.451 e. The Morgan fingerprint density at radius 2 is 1.10 bits per heavy atom. The molecule has 0 fully saturated rings. The number of aromatic nitrogens is 10. The highest BCUT2D eigenvalue weighted by atomic mass is 32.1. The van der Waals surface area contributed by atoms with Crippen molar-refractivity contribution >= 4 is 72.5 Å². The van der Waals surface area contributed by atoms with Crippen LogP contribution in [0.25, 0.3) is 20.6 Å². The third-order valence-corrected chi connectivity index (χ3v) is 11.3. The van der Waals surface area contributed by atoms with Crippen LogP contribution < -0.4 is 42.5 Å². The van der Waals surface area contributed by atoms with E-state index >= 15 is 0 Å². The monoisotopic (exact) mass is 887 g/mol. The maximum absolute atomic E-state index is 6.07. The van der Waals surface area contributed by atoms with E-state index in [-0.39, 0.29) is 23.6 Å². The molecule has 326 valence electrons. The van der Waals surface area contributed by atoms with Crippen LogP contribution in [-0.2, 0) is 6.42 Å². The summed E-state index contributed by atoms with van der Waals surface area (Å²) in [6.07, 6.45) is 11.1. The molecule has 0 saturated carbocycles. The standard InChI is InChI=1S/C15H19N5O.2C14H15N5OS/c1-8(2)11-6-19-15-10(4-5-17-15)13(11)21-12-7-18-9(3)20-14(12)16;1-7(2)9-4-17-14-11(18-6-21-14)12(9)20-10-5-16-8(3)19-13(10)15;1-7(2)9-5-17-13-8(3-4-21-13)11(9)20-10-6-18-14(16)19-12(10)15/h6-8H,4-5H2,1-3H3,(H,17,19)(H2,16,18,20);4-7H,1-3H3,(H2,15,16,19);3-7H,1-2H3,(H4,15,16,18,19). The lowest BCUT2D eigenvalue weighted by molar-refractivity contribution is 0.465. The summed E-state index contributed by atoms with van der Waals surface area (Å²) in [5, 5.41) is 6.21.